The molecule has 4 nitrogen and oxygen atoms in total. The molecule has 0 aliphatic carbocycles. The lowest BCUT2D eigenvalue weighted by atomic mass is 10.0. The molecule has 0 fully saturated rings. The number of pyridine rings is 1. The molecule has 0 aliphatic rings. The zero-order valence-electron chi connectivity index (χ0n) is 11.7. The number of nitrogens with zero attached hydrogens (tertiary/aromatic N) is 1. The van der Waals surface area contributed by atoms with Crippen molar-refractivity contribution < 1.29 is 4.74 Å². The van der Waals surface area contributed by atoms with Crippen LogP contribution in [0.4, 0.5) is 0 Å². The molecule has 1 unspecified atom stereocenters. The first-order valence-electron chi connectivity index (χ1n) is 6.45. The summed E-state index contributed by atoms with van der Waals surface area (Å²) in [6.07, 6.45) is 1.80. The van der Waals surface area contributed by atoms with Crippen LogP contribution in [0.15, 0.2) is 36.5 Å². The standard InChI is InChI=1S/C15H21N3O/c1-15(2,3)19-10-13(18-16)12-8-4-6-11-7-5-9-17-14(11)12/h4-9,13,18H,10,16H2,1-3H3. The van der Waals surface area contributed by atoms with Gasteiger partial charge >= 0.3 is 0 Å². The van der Waals surface area contributed by atoms with Crippen LogP contribution in [0.2, 0.25) is 0 Å². The smallest absolute Gasteiger partial charge is 0.0751 e. The molecule has 102 valence electrons. The molecule has 0 aliphatic heterocycles. The number of nitrogens with two attached hydrogens (primary N) is 1. The van der Waals surface area contributed by atoms with Gasteiger partial charge in [0.2, 0.25) is 0 Å². The fraction of sp³-hybridized carbons (Fsp3) is 0.400. The van der Waals surface area contributed by atoms with Crippen LogP contribution in [-0.4, -0.2) is 17.2 Å². The quantitative estimate of drug-likeness (QED) is 0.654. The Kier molecular flexibility index (Phi) is 4.14. The normalized spacial score (nSPS) is 13.7. The monoisotopic (exact) mass is 259 g/mol. The minimum absolute atomic E-state index is 0.0715. The first kappa shape index (κ1) is 13.9. The predicted molar refractivity (Wildman–Crippen MR) is 77.5 cm³/mol. The van der Waals surface area contributed by atoms with Crippen LogP contribution in [-0.2, 0) is 4.74 Å². The summed E-state index contributed by atoms with van der Waals surface area (Å²) in [6, 6.07) is 10.0. The van der Waals surface area contributed by atoms with E-state index in [1.54, 1.807) is 6.20 Å². The highest BCUT2D eigenvalue weighted by atomic mass is 16.5. The minimum Gasteiger partial charge on any atom is -0.374 e. The van der Waals surface area contributed by atoms with Gasteiger partial charge in [-0.3, -0.25) is 16.3 Å². The summed E-state index contributed by atoms with van der Waals surface area (Å²) in [7, 11) is 0. The molecular formula is C15H21N3O. The first-order chi connectivity index (χ1) is 9.01. The van der Waals surface area contributed by atoms with E-state index in [2.05, 4.69) is 10.4 Å². The van der Waals surface area contributed by atoms with Gasteiger partial charge in [0.15, 0.2) is 0 Å². The molecule has 1 aromatic carbocycles. The van der Waals surface area contributed by atoms with Crippen molar-refractivity contribution in [1.82, 2.24) is 10.4 Å². The lowest BCUT2D eigenvalue weighted by molar-refractivity contribution is -0.0146. The van der Waals surface area contributed by atoms with E-state index < -0.39 is 0 Å². The van der Waals surface area contributed by atoms with Crippen LogP contribution in [0.3, 0.4) is 0 Å². The van der Waals surface area contributed by atoms with Crippen LogP contribution in [0.25, 0.3) is 10.9 Å². The van der Waals surface area contributed by atoms with E-state index in [4.69, 9.17) is 10.6 Å². The predicted octanol–water partition coefficient (Wildman–Crippen LogP) is 2.55. The molecule has 0 spiro atoms. The highest BCUT2D eigenvalue weighted by molar-refractivity contribution is 5.82. The van der Waals surface area contributed by atoms with E-state index >= 15 is 0 Å². The van der Waals surface area contributed by atoms with Gasteiger partial charge in [-0.2, -0.15) is 0 Å². The summed E-state index contributed by atoms with van der Waals surface area (Å²) in [5.41, 5.74) is 4.65. The van der Waals surface area contributed by atoms with Crippen LogP contribution in [0, 0.1) is 0 Å². The van der Waals surface area contributed by atoms with E-state index in [0.29, 0.717) is 6.61 Å². The SMILES string of the molecule is CC(C)(C)OCC(NN)c1cccc2cccnc12. The second kappa shape index (κ2) is 5.65. The molecule has 1 heterocycles. The average molecular weight is 259 g/mol. The van der Waals surface area contributed by atoms with Crippen molar-refractivity contribution in [3.05, 3.63) is 42.1 Å². The molecule has 3 N–H and O–H groups in total. The van der Waals surface area contributed by atoms with Gasteiger partial charge in [-0.05, 0) is 32.4 Å². The van der Waals surface area contributed by atoms with E-state index in [9.17, 15) is 0 Å². The Labute approximate surface area is 113 Å². The summed E-state index contributed by atoms with van der Waals surface area (Å²) >= 11 is 0. The zero-order valence-corrected chi connectivity index (χ0v) is 11.7. The largest absolute Gasteiger partial charge is 0.374 e. The van der Waals surface area contributed by atoms with Gasteiger partial charge in [-0.25, -0.2) is 0 Å². The number of ether oxygens (including phenoxy) is 1. The molecule has 0 radical (unpaired) electrons. The number of nitrogens with one attached hydrogen (secondary N) is 1. The molecule has 0 amide bonds. The van der Waals surface area contributed by atoms with Gasteiger partial charge in [-0.15, -0.1) is 0 Å². The van der Waals surface area contributed by atoms with E-state index in [0.717, 1.165) is 16.5 Å². The third-order valence-electron chi connectivity index (χ3n) is 2.92. The Hall–Kier alpha value is -1.49. The van der Waals surface area contributed by atoms with Crippen molar-refractivity contribution in [2.75, 3.05) is 6.61 Å². The molecule has 0 saturated heterocycles. The second-order valence-electron chi connectivity index (χ2n) is 5.56. The van der Waals surface area contributed by atoms with Crippen molar-refractivity contribution in [2.45, 2.75) is 32.4 Å². The number of fused-ring (bicyclic) bond motifs is 1. The van der Waals surface area contributed by atoms with E-state index in [-0.39, 0.29) is 11.6 Å². The minimum atomic E-state index is -0.187. The molecule has 2 rings (SSSR count). The van der Waals surface area contributed by atoms with Gasteiger partial charge < -0.3 is 4.74 Å². The first-order valence-corrected chi connectivity index (χ1v) is 6.45. The maximum absolute atomic E-state index is 5.82. The van der Waals surface area contributed by atoms with Crippen molar-refractivity contribution >= 4 is 10.9 Å². The van der Waals surface area contributed by atoms with Crippen molar-refractivity contribution in [1.29, 1.82) is 0 Å². The second-order valence-corrected chi connectivity index (χ2v) is 5.56. The fourth-order valence-corrected chi connectivity index (χ4v) is 1.97. The molecule has 4 heteroatoms. The molecule has 0 bridgehead atoms. The van der Waals surface area contributed by atoms with Gasteiger partial charge in [0, 0.05) is 11.6 Å². The van der Waals surface area contributed by atoms with E-state index in [1.165, 1.54) is 0 Å². The third kappa shape index (κ3) is 3.50. The average Bonchev–Trinajstić information content (AvgIpc) is 2.38. The number of rotatable bonds is 4. The number of aromatic nitrogens is 1. The number of benzene rings is 1. The van der Waals surface area contributed by atoms with Crippen LogP contribution in [0.5, 0.6) is 0 Å². The van der Waals surface area contributed by atoms with E-state index in [1.807, 2.05) is 51.1 Å². The number of hydrogen-bond acceptors (Lipinski definition) is 4. The highest BCUT2D eigenvalue weighted by Crippen LogP contribution is 2.23. The summed E-state index contributed by atoms with van der Waals surface area (Å²) in [5.74, 6) is 5.67. The Morgan fingerprint density at radius 2 is 2.00 bits per heavy atom. The van der Waals surface area contributed by atoms with Gasteiger partial charge in [0.05, 0.1) is 23.8 Å². The van der Waals surface area contributed by atoms with Gasteiger partial charge in [0.1, 0.15) is 0 Å². The number of para-hydroxylation sites is 1. The maximum atomic E-state index is 5.82. The highest BCUT2D eigenvalue weighted by Gasteiger charge is 2.18. The lowest BCUT2D eigenvalue weighted by Gasteiger charge is -2.24. The molecular weight excluding hydrogens is 238 g/mol. The zero-order chi connectivity index (χ0) is 13.9. The van der Waals surface area contributed by atoms with Crippen LogP contribution < -0.4 is 11.3 Å². The van der Waals surface area contributed by atoms with Crippen molar-refractivity contribution in [3.8, 4) is 0 Å². The Morgan fingerprint density at radius 3 is 2.68 bits per heavy atom. The van der Waals surface area contributed by atoms with Gasteiger partial charge in [-0.1, -0.05) is 24.3 Å². The van der Waals surface area contributed by atoms with Crippen LogP contribution >= 0.6 is 0 Å². The summed E-state index contributed by atoms with van der Waals surface area (Å²) in [6.45, 7) is 6.60. The summed E-state index contributed by atoms with van der Waals surface area (Å²) in [4.78, 5) is 4.44. The Bertz CT molecular complexity index is 543. The molecule has 19 heavy (non-hydrogen) atoms. The Morgan fingerprint density at radius 1 is 1.26 bits per heavy atom. The lowest BCUT2D eigenvalue weighted by Crippen LogP contribution is -2.34. The van der Waals surface area contributed by atoms with Gasteiger partial charge in [0.25, 0.3) is 0 Å². The fourth-order valence-electron chi connectivity index (χ4n) is 1.97. The number of hydrazine groups is 1. The molecule has 1 aromatic heterocycles. The topological polar surface area (TPSA) is 60.2 Å². The summed E-state index contributed by atoms with van der Waals surface area (Å²) in [5, 5.41) is 1.11. The Balaban J connectivity index is 2.30. The maximum Gasteiger partial charge on any atom is 0.0751 e. The van der Waals surface area contributed by atoms with Crippen molar-refractivity contribution in [3.63, 3.8) is 0 Å². The summed E-state index contributed by atoms with van der Waals surface area (Å²) < 4.78 is 5.82. The molecule has 2 aromatic rings. The van der Waals surface area contributed by atoms with Crippen molar-refractivity contribution in [2.24, 2.45) is 5.84 Å². The van der Waals surface area contributed by atoms with Crippen LogP contribution in [0.1, 0.15) is 32.4 Å². The third-order valence-corrected chi connectivity index (χ3v) is 2.92. The molecule has 1 atom stereocenters. The number of hydrogen-bond donors (Lipinski definition) is 2. The molecule has 0 saturated carbocycles.